The normalized spacial score (nSPS) is 10.6. The average Bonchev–Trinajstić information content (AvgIpc) is 2.89. The summed E-state index contributed by atoms with van der Waals surface area (Å²) in [4.78, 5) is 15.0. The molecule has 2 heterocycles. The molecule has 3 aromatic rings. The van der Waals surface area contributed by atoms with Crippen LogP contribution in [0, 0.1) is 6.92 Å². The molecule has 0 amide bonds. The second-order valence-corrected chi connectivity index (χ2v) is 4.25. The minimum Gasteiger partial charge on any atom is -0.364 e. The highest BCUT2D eigenvalue weighted by Crippen LogP contribution is 2.16. The molecule has 0 aliphatic heterocycles. The van der Waals surface area contributed by atoms with E-state index in [1.54, 1.807) is 23.2 Å². The standard InChI is InChI=1S/C14H12N4O/c1-10-7-13(19)12(8-15-10)14-17-16-9-18(14)11-5-3-2-4-6-11/h2-9H,1H3,(H,15,19). The maximum absolute atomic E-state index is 12.0. The molecular formula is C14H12N4O. The van der Waals surface area contributed by atoms with E-state index < -0.39 is 0 Å². The van der Waals surface area contributed by atoms with Crippen LogP contribution >= 0.6 is 0 Å². The van der Waals surface area contributed by atoms with Crippen LogP contribution in [0.2, 0.25) is 0 Å². The molecule has 19 heavy (non-hydrogen) atoms. The van der Waals surface area contributed by atoms with E-state index in [0.717, 1.165) is 11.4 Å². The van der Waals surface area contributed by atoms with Gasteiger partial charge in [-0.25, -0.2) is 0 Å². The molecule has 0 saturated carbocycles. The van der Waals surface area contributed by atoms with Crippen molar-refractivity contribution >= 4 is 0 Å². The highest BCUT2D eigenvalue weighted by Gasteiger charge is 2.12. The molecule has 0 saturated heterocycles. The smallest absolute Gasteiger partial charge is 0.192 e. The molecule has 2 aromatic heterocycles. The maximum Gasteiger partial charge on any atom is 0.192 e. The zero-order valence-electron chi connectivity index (χ0n) is 10.4. The summed E-state index contributed by atoms with van der Waals surface area (Å²) in [5.74, 6) is 0.535. The van der Waals surface area contributed by atoms with Crippen molar-refractivity contribution in [2.45, 2.75) is 6.92 Å². The average molecular weight is 252 g/mol. The minimum atomic E-state index is -0.0681. The van der Waals surface area contributed by atoms with Crippen LogP contribution in [0.15, 0.2) is 53.7 Å². The Hall–Kier alpha value is -2.69. The van der Waals surface area contributed by atoms with E-state index in [1.165, 1.54) is 0 Å². The number of aryl methyl sites for hydroxylation is 1. The number of aromatic nitrogens is 4. The summed E-state index contributed by atoms with van der Waals surface area (Å²) in [6.07, 6.45) is 3.27. The fourth-order valence-electron chi connectivity index (χ4n) is 1.94. The summed E-state index contributed by atoms with van der Waals surface area (Å²) in [6.45, 7) is 1.84. The molecule has 0 radical (unpaired) electrons. The van der Waals surface area contributed by atoms with Gasteiger partial charge in [0, 0.05) is 23.6 Å². The molecule has 5 heteroatoms. The lowest BCUT2D eigenvalue weighted by Crippen LogP contribution is -2.08. The number of rotatable bonds is 2. The van der Waals surface area contributed by atoms with Gasteiger partial charge in [0.15, 0.2) is 11.3 Å². The number of pyridine rings is 1. The lowest BCUT2D eigenvalue weighted by Gasteiger charge is -2.05. The zero-order valence-corrected chi connectivity index (χ0v) is 10.4. The Morgan fingerprint density at radius 2 is 2.00 bits per heavy atom. The van der Waals surface area contributed by atoms with Gasteiger partial charge in [0.2, 0.25) is 0 Å². The third kappa shape index (κ3) is 2.06. The molecule has 1 N–H and O–H groups in total. The summed E-state index contributed by atoms with van der Waals surface area (Å²) in [5.41, 5.74) is 2.18. The molecule has 0 unspecified atom stereocenters. The summed E-state index contributed by atoms with van der Waals surface area (Å²) in [7, 11) is 0. The van der Waals surface area contributed by atoms with Crippen molar-refractivity contribution < 1.29 is 0 Å². The quantitative estimate of drug-likeness (QED) is 0.758. The molecule has 0 spiro atoms. The van der Waals surface area contributed by atoms with Crippen molar-refractivity contribution in [3.05, 3.63) is 64.8 Å². The maximum atomic E-state index is 12.0. The first-order chi connectivity index (χ1) is 9.25. The van der Waals surface area contributed by atoms with E-state index in [-0.39, 0.29) is 5.43 Å². The van der Waals surface area contributed by atoms with E-state index in [0.29, 0.717) is 11.4 Å². The van der Waals surface area contributed by atoms with Gasteiger partial charge < -0.3 is 4.98 Å². The van der Waals surface area contributed by atoms with E-state index in [2.05, 4.69) is 15.2 Å². The lowest BCUT2D eigenvalue weighted by molar-refractivity contribution is 1.05. The summed E-state index contributed by atoms with van der Waals surface area (Å²) >= 11 is 0. The summed E-state index contributed by atoms with van der Waals surface area (Å²) in [6, 6.07) is 11.2. The van der Waals surface area contributed by atoms with E-state index in [9.17, 15) is 4.79 Å². The number of hydrogen-bond acceptors (Lipinski definition) is 3. The second-order valence-electron chi connectivity index (χ2n) is 4.25. The molecule has 0 atom stereocenters. The first kappa shape index (κ1) is 11.4. The molecular weight excluding hydrogens is 240 g/mol. The van der Waals surface area contributed by atoms with Crippen molar-refractivity contribution in [2.75, 3.05) is 0 Å². The lowest BCUT2D eigenvalue weighted by atomic mass is 10.2. The van der Waals surface area contributed by atoms with Gasteiger partial charge in [-0.15, -0.1) is 10.2 Å². The first-order valence-corrected chi connectivity index (χ1v) is 5.91. The third-order valence-corrected chi connectivity index (χ3v) is 2.88. The molecule has 3 rings (SSSR count). The summed E-state index contributed by atoms with van der Waals surface area (Å²) in [5, 5.41) is 7.94. The van der Waals surface area contributed by atoms with E-state index >= 15 is 0 Å². The monoisotopic (exact) mass is 252 g/mol. The number of nitrogens with one attached hydrogen (secondary N) is 1. The fraction of sp³-hybridized carbons (Fsp3) is 0.0714. The molecule has 0 aliphatic carbocycles. The predicted molar refractivity (Wildman–Crippen MR) is 72.2 cm³/mol. The van der Waals surface area contributed by atoms with Crippen LogP contribution in [0.5, 0.6) is 0 Å². The number of hydrogen-bond donors (Lipinski definition) is 1. The highest BCUT2D eigenvalue weighted by molar-refractivity contribution is 5.56. The Morgan fingerprint density at radius 3 is 2.74 bits per heavy atom. The van der Waals surface area contributed by atoms with Crippen LogP contribution in [0.1, 0.15) is 5.69 Å². The molecule has 5 nitrogen and oxygen atoms in total. The second kappa shape index (κ2) is 4.53. The van der Waals surface area contributed by atoms with Crippen LogP contribution in [0.4, 0.5) is 0 Å². The number of H-pyrrole nitrogens is 1. The van der Waals surface area contributed by atoms with Crippen molar-refractivity contribution in [3.63, 3.8) is 0 Å². The van der Waals surface area contributed by atoms with Crippen molar-refractivity contribution in [1.29, 1.82) is 0 Å². The van der Waals surface area contributed by atoms with E-state index in [1.807, 2.05) is 37.3 Å². The fourth-order valence-corrected chi connectivity index (χ4v) is 1.94. The number of aromatic amines is 1. The Morgan fingerprint density at radius 1 is 1.21 bits per heavy atom. The molecule has 0 aliphatic rings. The largest absolute Gasteiger partial charge is 0.364 e. The number of benzene rings is 1. The third-order valence-electron chi connectivity index (χ3n) is 2.88. The van der Waals surface area contributed by atoms with Gasteiger partial charge in [0.25, 0.3) is 0 Å². The van der Waals surface area contributed by atoms with Gasteiger partial charge in [-0.1, -0.05) is 18.2 Å². The minimum absolute atomic E-state index is 0.0681. The van der Waals surface area contributed by atoms with Crippen LogP contribution in [-0.4, -0.2) is 19.7 Å². The van der Waals surface area contributed by atoms with Crippen LogP contribution < -0.4 is 5.43 Å². The Bertz CT molecular complexity index is 758. The Labute approximate surface area is 109 Å². The number of nitrogens with zero attached hydrogens (tertiary/aromatic N) is 3. The van der Waals surface area contributed by atoms with Gasteiger partial charge in [-0.2, -0.15) is 0 Å². The topological polar surface area (TPSA) is 63.6 Å². The zero-order chi connectivity index (χ0) is 13.2. The molecule has 0 fully saturated rings. The van der Waals surface area contributed by atoms with Gasteiger partial charge in [0.05, 0.1) is 5.56 Å². The van der Waals surface area contributed by atoms with Crippen molar-refractivity contribution in [1.82, 2.24) is 19.7 Å². The van der Waals surface area contributed by atoms with Crippen LogP contribution in [-0.2, 0) is 0 Å². The molecule has 94 valence electrons. The molecule has 1 aromatic carbocycles. The molecule has 0 bridgehead atoms. The summed E-state index contributed by atoms with van der Waals surface area (Å²) < 4.78 is 1.79. The van der Waals surface area contributed by atoms with Crippen LogP contribution in [0.25, 0.3) is 17.1 Å². The SMILES string of the molecule is Cc1cc(=O)c(-c2nncn2-c2ccccc2)c[nH]1. The van der Waals surface area contributed by atoms with Gasteiger partial charge in [-0.3, -0.25) is 9.36 Å². The van der Waals surface area contributed by atoms with Crippen LogP contribution in [0.3, 0.4) is 0 Å². The Balaban J connectivity index is 2.18. The van der Waals surface area contributed by atoms with Gasteiger partial charge in [-0.05, 0) is 19.1 Å². The Kier molecular flexibility index (Phi) is 2.72. The number of para-hydroxylation sites is 1. The van der Waals surface area contributed by atoms with Crippen molar-refractivity contribution in [3.8, 4) is 17.1 Å². The first-order valence-electron chi connectivity index (χ1n) is 5.91. The predicted octanol–water partition coefficient (Wildman–Crippen LogP) is 1.93. The van der Waals surface area contributed by atoms with Gasteiger partial charge >= 0.3 is 0 Å². The van der Waals surface area contributed by atoms with E-state index in [4.69, 9.17) is 0 Å². The van der Waals surface area contributed by atoms with Gasteiger partial charge in [0.1, 0.15) is 6.33 Å². The highest BCUT2D eigenvalue weighted by atomic mass is 16.1. The van der Waals surface area contributed by atoms with Crippen molar-refractivity contribution in [2.24, 2.45) is 0 Å².